The standard InChI is InChI=1S/C18H11Cl2IN2O2/c19-15-6-2-5-14(17(15)20)16-8-7-13(25-16)10-22-23-18(24)11-3-1-4-12(21)9-11/h1-10H,(H,23,24)/b22-10-. The highest BCUT2D eigenvalue weighted by atomic mass is 127. The van der Waals surface area contributed by atoms with Gasteiger partial charge in [0.15, 0.2) is 0 Å². The van der Waals surface area contributed by atoms with E-state index in [0.717, 1.165) is 3.57 Å². The Labute approximate surface area is 168 Å². The molecule has 3 rings (SSSR count). The molecule has 25 heavy (non-hydrogen) atoms. The van der Waals surface area contributed by atoms with Crippen LogP contribution in [-0.2, 0) is 0 Å². The molecule has 3 aromatic rings. The summed E-state index contributed by atoms with van der Waals surface area (Å²) in [6.07, 6.45) is 1.42. The molecule has 1 aromatic heterocycles. The Morgan fingerprint density at radius 2 is 1.92 bits per heavy atom. The topological polar surface area (TPSA) is 54.6 Å². The fourth-order valence-electron chi connectivity index (χ4n) is 2.11. The number of nitrogens with one attached hydrogen (secondary N) is 1. The molecule has 0 radical (unpaired) electrons. The summed E-state index contributed by atoms with van der Waals surface area (Å²) in [5.41, 5.74) is 3.69. The first-order chi connectivity index (χ1) is 12.0. The molecule has 126 valence electrons. The van der Waals surface area contributed by atoms with Crippen molar-refractivity contribution in [1.82, 2.24) is 5.43 Å². The molecule has 1 N–H and O–H groups in total. The van der Waals surface area contributed by atoms with Crippen molar-refractivity contribution >= 4 is 57.9 Å². The second-order valence-electron chi connectivity index (χ2n) is 5.01. The summed E-state index contributed by atoms with van der Waals surface area (Å²) in [5, 5.41) is 4.79. The molecule has 0 fully saturated rings. The van der Waals surface area contributed by atoms with Gasteiger partial charge in [0.05, 0.1) is 16.3 Å². The number of furan rings is 1. The Bertz CT molecular complexity index is 954. The monoisotopic (exact) mass is 484 g/mol. The van der Waals surface area contributed by atoms with Gasteiger partial charge in [-0.2, -0.15) is 5.10 Å². The summed E-state index contributed by atoms with van der Waals surface area (Å²) in [7, 11) is 0. The molecule has 2 aromatic carbocycles. The van der Waals surface area contributed by atoms with Crippen molar-refractivity contribution in [3.63, 3.8) is 0 Å². The SMILES string of the molecule is O=C(N/N=C\c1ccc(-c2cccc(Cl)c2Cl)o1)c1cccc(I)c1. The first-order valence-electron chi connectivity index (χ1n) is 7.18. The Hall–Kier alpha value is -1.83. The third-order valence-electron chi connectivity index (χ3n) is 3.29. The van der Waals surface area contributed by atoms with Crippen LogP contribution in [0.3, 0.4) is 0 Å². The maximum atomic E-state index is 12.0. The molecule has 0 aliphatic carbocycles. The number of rotatable bonds is 4. The number of hydrazone groups is 1. The van der Waals surface area contributed by atoms with Crippen molar-refractivity contribution in [3.05, 3.63) is 79.5 Å². The van der Waals surface area contributed by atoms with Gasteiger partial charge in [0.1, 0.15) is 11.5 Å². The first kappa shape index (κ1) is 18.0. The van der Waals surface area contributed by atoms with E-state index in [1.54, 1.807) is 36.4 Å². The van der Waals surface area contributed by atoms with Crippen LogP contribution in [0, 0.1) is 3.57 Å². The second-order valence-corrected chi connectivity index (χ2v) is 7.04. The van der Waals surface area contributed by atoms with Gasteiger partial charge in [-0.05, 0) is 65.1 Å². The highest BCUT2D eigenvalue weighted by molar-refractivity contribution is 14.1. The summed E-state index contributed by atoms with van der Waals surface area (Å²) in [6.45, 7) is 0. The maximum absolute atomic E-state index is 12.0. The van der Waals surface area contributed by atoms with Gasteiger partial charge in [-0.15, -0.1) is 0 Å². The minimum atomic E-state index is -0.292. The zero-order valence-corrected chi connectivity index (χ0v) is 16.3. The molecule has 1 heterocycles. The molecular weight excluding hydrogens is 474 g/mol. The van der Waals surface area contributed by atoms with Gasteiger partial charge < -0.3 is 4.42 Å². The summed E-state index contributed by atoms with van der Waals surface area (Å²) in [6, 6.07) is 16.0. The van der Waals surface area contributed by atoms with Crippen LogP contribution in [0.1, 0.15) is 16.1 Å². The Balaban J connectivity index is 1.70. The highest BCUT2D eigenvalue weighted by Gasteiger charge is 2.10. The minimum Gasteiger partial charge on any atom is -0.455 e. The van der Waals surface area contributed by atoms with Crippen molar-refractivity contribution in [2.24, 2.45) is 5.10 Å². The predicted octanol–water partition coefficient (Wildman–Crippen LogP) is 5.62. The number of carbonyl (C=O) groups is 1. The smallest absolute Gasteiger partial charge is 0.271 e. The number of hydrogen-bond donors (Lipinski definition) is 1. The third-order valence-corrected chi connectivity index (χ3v) is 4.78. The van der Waals surface area contributed by atoms with Crippen LogP contribution in [-0.4, -0.2) is 12.1 Å². The van der Waals surface area contributed by atoms with Crippen LogP contribution in [0.15, 0.2) is 64.1 Å². The van der Waals surface area contributed by atoms with Crippen LogP contribution in [0.5, 0.6) is 0 Å². The number of carbonyl (C=O) groups excluding carboxylic acids is 1. The molecule has 7 heteroatoms. The van der Waals surface area contributed by atoms with Crippen molar-refractivity contribution < 1.29 is 9.21 Å². The van der Waals surface area contributed by atoms with E-state index in [4.69, 9.17) is 27.6 Å². The van der Waals surface area contributed by atoms with E-state index in [1.807, 2.05) is 18.2 Å². The van der Waals surface area contributed by atoms with Crippen molar-refractivity contribution in [2.45, 2.75) is 0 Å². The molecule has 0 bridgehead atoms. The lowest BCUT2D eigenvalue weighted by atomic mass is 10.2. The molecule has 0 atom stereocenters. The summed E-state index contributed by atoms with van der Waals surface area (Å²) >= 11 is 14.3. The summed E-state index contributed by atoms with van der Waals surface area (Å²) in [4.78, 5) is 12.0. The quantitative estimate of drug-likeness (QED) is 0.297. The predicted molar refractivity (Wildman–Crippen MR) is 108 cm³/mol. The van der Waals surface area contributed by atoms with Gasteiger partial charge in [0, 0.05) is 14.7 Å². The first-order valence-corrected chi connectivity index (χ1v) is 9.01. The van der Waals surface area contributed by atoms with Crippen LogP contribution >= 0.6 is 45.8 Å². The van der Waals surface area contributed by atoms with Gasteiger partial charge in [0.25, 0.3) is 5.91 Å². The van der Waals surface area contributed by atoms with Crippen LogP contribution in [0.4, 0.5) is 0 Å². The zero-order valence-electron chi connectivity index (χ0n) is 12.7. The number of nitrogens with zero attached hydrogens (tertiary/aromatic N) is 1. The van der Waals surface area contributed by atoms with Gasteiger partial charge >= 0.3 is 0 Å². The maximum Gasteiger partial charge on any atom is 0.271 e. The van der Waals surface area contributed by atoms with Gasteiger partial charge in [-0.25, -0.2) is 5.43 Å². The number of halogens is 3. The van der Waals surface area contributed by atoms with Crippen LogP contribution in [0.25, 0.3) is 11.3 Å². The lowest BCUT2D eigenvalue weighted by Gasteiger charge is -2.02. The largest absolute Gasteiger partial charge is 0.455 e. The van der Waals surface area contributed by atoms with E-state index < -0.39 is 0 Å². The average molecular weight is 485 g/mol. The van der Waals surface area contributed by atoms with Crippen molar-refractivity contribution in [3.8, 4) is 11.3 Å². The van der Waals surface area contributed by atoms with Gasteiger partial charge in [-0.1, -0.05) is 35.3 Å². The molecule has 0 spiro atoms. The Kier molecular flexibility index (Phi) is 5.78. The van der Waals surface area contributed by atoms with Crippen LogP contribution < -0.4 is 5.43 Å². The molecule has 0 aliphatic heterocycles. The van der Waals surface area contributed by atoms with Crippen molar-refractivity contribution in [1.29, 1.82) is 0 Å². The van der Waals surface area contributed by atoms with E-state index in [1.165, 1.54) is 6.21 Å². The van der Waals surface area contributed by atoms with Gasteiger partial charge in [0.2, 0.25) is 0 Å². The average Bonchev–Trinajstić information content (AvgIpc) is 3.06. The van der Waals surface area contributed by atoms with Crippen LogP contribution in [0.2, 0.25) is 10.0 Å². The summed E-state index contributed by atoms with van der Waals surface area (Å²) in [5.74, 6) is 0.756. The van der Waals surface area contributed by atoms with Crippen molar-refractivity contribution in [2.75, 3.05) is 0 Å². The fourth-order valence-corrected chi connectivity index (χ4v) is 3.05. The van der Waals surface area contributed by atoms with E-state index in [2.05, 4.69) is 33.1 Å². The zero-order chi connectivity index (χ0) is 17.8. The number of benzene rings is 2. The lowest BCUT2D eigenvalue weighted by molar-refractivity contribution is 0.0955. The molecule has 0 unspecified atom stereocenters. The molecule has 4 nitrogen and oxygen atoms in total. The van der Waals surface area contributed by atoms with Gasteiger partial charge in [-0.3, -0.25) is 4.79 Å². The second kappa shape index (κ2) is 8.03. The summed E-state index contributed by atoms with van der Waals surface area (Å²) < 4.78 is 6.64. The molecule has 1 amide bonds. The number of hydrogen-bond acceptors (Lipinski definition) is 3. The van der Waals surface area contributed by atoms with E-state index in [9.17, 15) is 4.79 Å². The lowest BCUT2D eigenvalue weighted by Crippen LogP contribution is -2.17. The highest BCUT2D eigenvalue weighted by Crippen LogP contribution is 2.34. The van der Waals surface area contributed by atoms with E-state index in [-0.39, 0.29) is 5.91 Å². The fraction of sp³-hybridized carbons (Fsp3) is 0. The molecule has 0 aliphatic rings. The number of amides is 1. The van der Waals surface area contributed by atoms with E-state index >= 15 is 0 Å². The minimum absolute atomic E-state index is 0.292. The van der Waals surface area contributed by atoms with E-state index in [0.29, 0.717) is 32.7 Å². The molecule has 0 saturated heterocycles. The normalized spacial score (nSPS) is 11.0. The third kappa shape index (κ3) is 4.42. The molecule has 0 saturated carbocycles. The Morgan fingerprint density at radius 3 is 2.72 bits per heavy atom. The Morgan fingerprint density at radius 1 is 1.12 bits per heavy atom. The molecular formula is C18H11Cl2IN2O2.